The van der Waals surface area contributed by atoms with Crippen molar-refractivity contribution in [2.24, 2.45) is 5.73 Å². The maximum Gasteiger partial charge on any atom is 0.408 e. The molecule has 0 saturated heterocycles. The molecule has 2 aromatic rings. The molecule has 9 nitrogen and oxygen atoms in total. The van der Waals surface area contributed by atoms with Gasteiger partial charge in [0, 0.05) is 5.69 Å². The largest absolute Gasteiger partial charge is 0.508 e. The van der Waals surface area contributed by atoms with E-state index in [-0.39, 0.29) is 11.3 Å². The second kappa shape index (κ2) is 12.6. The highest BCUT2D eigenvalue weighted by Gasteiger charge is 2.25. The van der Waals surface area contributed by atoms with Crippen molar-refractivity contribution in [3.05, 3.63) is 48.0 Å². The summed E-state index contributed by atoms with van der Waals surface area (Å²) in [6.07, 6.45) is 1.02. The van der Waals surface area contributed by atoms with Crippen LogP contribution >= 0.6 is 0 Å². The molecule has 0 aliphatic rings. The zero-order valence-electron chi connectivity index (χ0n) is 22.5. The molecule has 0 heterocycles. The van der Waals surface area contributed by atoms with Gasteiger partial charge in [-0.1, -0.05) is 12.1 Å². The Morgan fingerprint density at radius 2 is 1.62 bits per heavy atom. The van der Waals surface area contributed by atoms with Gasteiger partial charge in [0.2, 0.25) is 5.91 Å². The second-order valence-electron chi connectivity index (χ2n) is 10.8. The van der Waals surface area contributed by atoms with Crippen LogP contribution in [0.3, 0.4) is 0 Å². The van der Waals surface area contributed by atoms with E-state index in [1.54, 1.807) is 71.9 Å². The number of amides is 2. The number of hydrogen-bond acceptors (Lipinski definition) is 7. The molecule has 0 saturated carbocycles. The molecule has 0 aliphatic heterocycles. The first-order valence-corrected chi connectivity index (χ1v) is 12.4. The predicted molar refractivity (Wildman–Crippen MR) is 143 cm³/mol. The van der Waals surface area contributed by atoms with Crippen LogP contribution in [0.5, 0.6) is 5.75 Å². The number of carbonyl (C=O) groups is 3. The molecule has 202 valence electrons. The van der Waals surface area contributed by atoms with Gasteiger partial charge in [0.25, 0.3) is 0 Å². The fraction of sp³-hybridized carbons (Fsp3) is 0.464. The summed E-state index contributed by atoms with van der Waals surface area (Å²) >= 11 is 0. The topological polar surface area (TPSA) is 140 Å². The third-order valence-electron chi connectivity index (χ3n) is 5.02. The highest BCUT2D eigenvalue weighted by Crippen LogP contribution is 2.31. The minimum absolute atomic E-state index is 0.0311. The van der Waals surface area contributed by atoms with Crippen LogP contribution in [0, 0.1) is 0 Å². The van der Waals surface area contributed by atoms with Crippen molar-refractivity contribution in [3.63, 3.8) is 0 Å². The monoisotopic (exact) mass is 513 g/mol. The van der Waals surface area contributed by atoms with Crippen molar-refractivity contribution in [1.82, 2.24) is 5.32 Å². The molecule has 0 radical (unpaired) electrons. The number of ether oxygens (including phenoxy) is 2. The average molecular weight is 514 g/mol. The summed E-state index contributed by atoms with van der Waals surface area (Å²) in [4.78, 5) is 38.4. The first kappa shape index (κ1) is 29.6. The maximum atomic E-state index is 13.2. The SMILES string of the molecule is CC(C)(C)OC(=O)N[C@@H](CCCCN)C(=O)Nc1ccc(C(=O)OC(C)(C)C)c(-c2cccc(O)c2)c1. The molecule has 5 N–H and O–H groups in total. The van der Waals surface area contributed by atoms with E-state index in [4.69, 9.17) is 15.2 Å². The minimum atomic E-state index is -0.851. The molecule has 2 aromatic carbocycles. The van der Waals surface area contributed by atoms with Crippen LogP contribution in [0.4, 0.5) is 10.5 Å². The molecule has 0 unspecified atom stereocenters. The summed E-state index contributed by atoms with van der Waals surface area (Å²) in [6.45, 7) is 11.0. The van der Waals surface area contributed by atoms with Gasteiger partial charge in [-0.15, -0.1) is 0 Å². The van der Waals surface area contributed by atoms with Crippen LogP contribution in [0.15, 0.2) is 42.5 Å². The van der Waals surface area contributed by atoms with Gasteiger partial charge >= 0.3 is 12.1 Å². The lowest BCUT2D eigenvalue weighted by molar-refractivity contribution is -0.118. The van der Waals surface area contributed by atoms with Crippen molar-refractivity contribution in [2.45, 2.75) is 78.0 Å². The zero-order valence-corrected chi connectivity index (χ0v) is 22.5. The van der Waals surface area contributed by atoms with Gasteiger partial charge in [0.05, 0.1) is 5.56 Å². The molecule has 0 fully saturated rings. The molecule has 37 heavy (non-hydrogen) atoms. The van der Waals surface area contributed by atoms with Gasteiger partial charge in [-0.05, 0) is 109 Å². The number of rotatable bonds is 9. The number of aromatic hydroxyl groups is 1. The molecule has 1 atom stereocenters. The third kappa shape index (κ3) is 10.1. The van der Waals surface area contributed by atoms with Crippen LogP contribution < -0.4 is 16.4 Å². The maximum absolute atomic E-state index is 13.2. The Morgan fingerprint density at radius 1 is 0.946 bits per heavy atom. The van der Waals surface area contributed by atoms with Crippen LogP contribution in [-0.4, -0.2) is 46.9 Å². The van der Waals surface area contributed by atoms with E-state index in [1.807, 2.05) is 0 Å². The number of benzene rings is 2. The highest BCUT2D eigenvalue weighted by atomic mass is 16.6. The van der Waals surface area contributed by atoms with Crippen LogP contribution in [0.1, 0.15) is 71.2 Å². The van der Waals surface area contributed by atoms with Gasteiger partial charge in [-0.2, -0.15) is 0 Å². The highest BCUT2D eigenvalue weighted by molar-refractivity contribution is 6.01. The van der Waals surface area contributed by atoms with Gasteiger partial charge in [-0.25, -0.2) is 9.59 Å². The summed E-state index contributed by atoms with van der Waals surface area (Å²) in [5.74, 6) is -0.937. The van der Waals surface area contributed by atoms with Gasteiger partial charge in [0.15, 0.2) is 0 Å². The molecule has 0 spiro atoms. The average Bonchev–Trinajstić information content (AvgIpc) is 2.76. The van der Waals surface area contributed by atoms with Crippen LogP contribution in [-0.2, 0) is 14.3 Å². The summed E-state index contributed by atoms with van der Waals surface area (Å²) in [5.41, 5.74) is 5.91. The molecule has 2 rings (SSSR count). The van der Waals surface area contributed by atoms with E-state index in [2.05, 4.69) is 10.6 Å². The fourth-order valence-electron chi connectivity index (χ4n) is 3.49. The number of phenols is 1. The zero-order chi connectivity index (χ0) is 27.8. The normalized spacial score (nSPS) is 12.4. The molecular weight excluding hydrogens is 474 g/mol. The Bertz CT molecular complexity index is 1100. The van der Waals surface area contributed by atoms with E-state index in [1.165, 1.54) is 12.1 Å². The summed E-state index contributed by atoms with van der Waals surface area (Å²) in [5, 5.41) is 15.5. The number of alkyl carbamates (subject to hydrolysis) is 1. The number of nitrogens with one attached hydrogen (secondary N) is 2. The Balaban J connectivity index is 2.36. The number of unbranched alkanes of at least 4 members (excludes halogenated alkanes) is 1. The van der Waals surface area contributed by atoms with Crippen molar-refractivity contribution in [3.8, 4) is 16.9 Å². The quantitative estimate of drug-likeness (QED) is 0.274. The van der Waals surface area contributed by atoms with E-state index >= 15 is 0 Å². The summed E-state index contributed by atoms with van der Waals surface area (Å²) in [6, 6.07) is 10.4. The van der Waals surface area contributed by atoms with Crippen LogP contribution in [0.25, 0.3) is 11.1 Å². The lowest BCUT2D eigenvalue weighted by Crippen LogP contribution is -2.45. The second-order valence-corrected chi connectivity index (χ2v) is 10.8. The number of anilines is 1. The molecule has 9 heteroatoms. The number of carbonyl (C=O) groups excluding carboxylic acids is 3. The number of esters is 1. The Kier molecular flexibility index (Phi) is 10.1. The minimum Gasteiger partial charge on any atom is -0.508 e. The van der Waals surface area contributed by atoms with E-state index in [0.29, 0.717) is 42.6 Å². The smallest absolute Gasteiger partial charge is 0.408 e. The van der Waals surface area contributed by atoms with Gasteiger partial charge < -0.3 is 30.9 Å². The molecular formula is C28H39N3O6. The summed E-state index contributed by atoms with van der Waals surface area (Å²) < 4.78 is 10.9. The van der Waals surface area contributed by atoms with E-state index < -0.39 is 35.2 Å². The first-order chi connectivity index (χ1) is 17.2. The molecule has 2 amide bonds. The van der Waals surface area contributed by atoms with Crippen molar-refractivity contribution < 1.29 is 29.0 Å². The number of hydrogen-bond donors (Lipinski definition) is 4. The van der Waals surface area contributed by atoms with Crippen molar-refractivity contribution in [1.29, 1.82) is 0 Å². The fourth-order valence-corrected chi connectivity index (χ4v) is 3.49. The van der Waals surface area contributed by atoms with Gasteiger partial charge in [-0.3, -0.25) is 4.79 Å². The Hall–Kier alpha value is -3.59. The molecule has 0 bridgehead atoms. The molecule has 0 aromatic heterocycles. The third-order valence-corrected chi connectivity index (χ3v) is 5.02. The van der Waals surface area contributed by atoms with Gasteiger partial charge in [0.1, 0.15) is 23.0 Å². The Labute approximate surface area is 218 Å². The lowest BCUT2D eigenvalue weighted by atomic mass is 9.98. The molecule has 0 aliphatic carbocycles. The van der Waals surface area contributed by atoms with E-state index in [0.717, 1.165) is 0 Å². The summed E-state index contributed by atoms with van der Waals surface area (Å²) in [7, 11) is 0. The first-order valence-electron chi connectivity index (χ1n) is 12.4. The standard InChI is InChI=1S/C28H39N3O6/c1-27(2,3)36-25(34)21-14-13-19(17-22(21)18-10-9-11-20(32)16-18)30-24(33)23(12-7-8-15-29)31-26(35)37-28(4,5)6/h9-11,13-14,16-17,23,32H,7-8,12,15,29H2,1-6H3,(H,30,33)(H,31,35)/t23-/m0/s1. The van der Waals surface area contributed by atoms with Crippen molar-refractivity contribution >= 4 is 23.7 Å². The van der Waals surface area contributed by atoms with Crippen LogP contribution in [0.2, 0.25) is 0 Å². The number of nitrogens with two attached hydrogens (primary N) is 1. The lowest BCUT2D eigenvalue weighted by Gasteiger charge is -2.24. The predicted octanol–water partition coefficient (Wildman–Crippen LogP) is 4.98. The van der Waals surface area contributed by atoms with Crippen molar-refractivity contribution in [2.75, 3.05) is 11.9 Å². The Morgan fingerprint density at radius 3 is 2.22 bits per heavy atom. The van der Waals surface area contributed by atoms with E-state index in [9.17, 15) is 19.5 Å². The number of phenolic OH excluding ortho intramolecular Hbond substituents is 1.